The molecule has 0 N–H and O–H groups in total. The molecular formula is C20H26F3NO5S. The highest BCUT2D eigenvalue weighted by Gasteiger charge is 2.33. The number of rotatable bonds is 5. The van der Waals surface area contributed by atoms with E-state index in [1.54, 1.807) is 20.8 Å². The summed E-state index contributed by atoms with van der Waals surface area (Å²) in [5, 5.41) is -0.552. The van der Waals surface area contributed by atoms with Gasteiger partial charge in [0.05, 0.1) is 11.0 Å². The van der Waals surface area contributed by atoms with Gasteiger partial charge in [-0.3, -0.25) is 0 Å². The lowest BCUT2D eigenvalue weighted by Gasteiger charge is -2.33. The maximum atomic E-state index is 12.6. The first-order chi connectivity index (χ1) is 13.8. The molecule has 1 fully saturated rings. The second-order valence-corrected chi connectivity index (χ2v) is 10.3. The fourth-order valence-corrected chi connectivity index (χ4v) is 4.52. The first-order valence-electron chi connectivity index (χ1n) is 9.47. The summed E-state index contributed by atoms with van der Waals surface area (Å²) in [7, 11) is -3.41. The number of amides is 1. The van der Waals surface area contributed by atoms with Crippen molar-refractivity contribution >= 4 is 22.0 Å². The number of hydrogen-bond acceptors (Lipinski definition) is 5. The van der Waals surface area contributed by atoms with Gasteiger partial charge in [0.25, 0.3) is 0 Å². The number of carbonyl (C=O) groups is 1. The van der Waals surface area contributed by atoms with Crippen molar-refractivity contribution in [2.24, 2.45) is 0 Å². The number of nitrogens with zero attached hydrogens (tertiary/aromatic N) is 1. The average molecular weight is 449 g/mol. The molecule has 1 heterocycles. The molecule has 2 rings (SSSR count). The monoisotopic (exact) mass is 449 g/mol. The van der Waals surface area contributed by atoms with Gasteiger partial charge in [0.2, 0.25) is 0 Å². The van der Waals surface area contributed by atoms with E-state index in [0.717, 1.165) is 12.1 Å². The van der Waals surface area contributed by atoms with E-state index >= 15 is 0 Å². The molecular weight excluding hydrogens is 423 g/mol. The zero-order chi connectivity index (χ0) is 22.6. The zero-order valence-corrected chi connectivity index (χ0v) is 17.9. The van der Waals surface area contributed by atoms with Crippen LogP contribution in [0.1, 0.15) is 39.2 Å². The van der Waals surface area contributed by atoms with Gasteiger partial charge in [-0.1, -0.05) is 24.3 Å². The van der Waals surface area contributed by atoms with Crippen LogP contribution >= 0.6 is 0 Å². The number of sulfone groups is 1. The van der Waals surface area contributed by atoms with Crippen molar-refractivity contribution in [2.45, 2.75) is 50.8 Å². The summed E-state index contributed by atoms with van der Waals surface area (Å²) < 4.78 is 70.7. The van der Waals surface area contributed by atoms with Crippen molar-refractivity contribution < 1.29 is 35.9 Å². The minimum absolute atomic E-state index is 0.190. The molecule has 1 aromatic carbocycles. The molecule has 1 aliphatic heterocycles. The van der Waals surface area contributed by atoms with Crippen LogP contribution < -0.4 is 4.74 Å². The first-order valence-corrected chi connectivity index (χ1v) is 11.2. The summed E-state index contributed by atoms with van der Waals surface area (Å²) >= 11 is 0. The van der Waals surface area contributed by atoms with E-state index in [4.69, 9.17) is 4.74 Å². The predicted octanol–water partition coefficient (Wildman–Crippen LogP) is 4.41. The minimum Gasteiger partial charge on any atom is -0.444 e. The van der Waals surface area contributed by atoms with Gasteiger partial charge in [-0.2, -0.15) is 0 Å². The van der Waals surface area contributed by atoms with Crippen molar-refractivity contribution in [3.8, 4) is 5.75 Å². The Morgan fingerprint density at radius 2 is 1.70 bits per heavy atom. The summed E-state index contributed by atoms with van der Waals surface area (Å²) in [6, 6.07) is 5.13. The third-order valence-corrected chi connectivity index (χ3v) is 6.50. The summed E-state index contributed by atoms with van der Waals surface area (Å²) in [4.78, 5) is 13.6. The molecule has 0 aromatic heterocycles. The standard InChI is InChI=1S/C20H26F3NO5S/c1-19(2,3)29-18(25)24-12-10-17(11-13-24)30(26,27)14-4-5-15-6-8-16(9-7-15)28-20(21,22)23/h4-9,17H,10-14H2,1-3H3. The largest absolute Gasteiger partial charge is 0.573 e. The second kappa shape index (κ2) is 9.28. The van der Waals surface area contributed by atoms with E-state index in [9.17, 15) is 26.4 Å². The Labute approximate surface area is 174 Å². The summed E-state index contributed by atoms with van der Waals surface area (Å²) in [5.74, 6) is -0.533. The number of piperidine rings is 1. The van der Waals surface area contributed by atoms with Crippen molar-refractivity contribution in [3.05, 3.63) is 35.9 Å². The molecule has 1 aromatic rings. The smallest absolute Gasteiger partial charge is 0.444 e. The molecule has 0 saturated carbocycles. The maximum Gasteiger partial charge on any atom is 0.573 e. The van der Waals surface area contributed by atoms with Crippen LogP contribution in [-0.4, -0.2) is 55.5 Å². The van der Waals surface area contributed by atoms with Crippen molar-refractivity contribution in [2.75, 3.05) is 18.8 Å². The molecule has 1 saturated heterocycles. The Kier molecular flexibility index (Phi) is 7.44. The molecule has 30 heavy (non-hydrogen) atoms. The molecule has 1 amide bonds. The lowest BCUT2D eigenvalue weighted by Crippen LogP contribution is -2.44. The van der Waals surface area contributed by atoms with Gasteiger partial charge in [0, 0.05) is 13.1 Å². The average Bonchev–Trinajstić information content (AvgIpc) is 2.60. The first kappa shape index (κ1) is 24.0. The van der Waals surface area contributed by atoms with E-state index in [2.05, 4.69) is 4.74 Å². The maximum absolute atomic E-state index is 12.6. The normalized spacial score (nSPS) is 16.7. The SMILES string of the molecule is CC(C)(C)OC(=O)N1CCC(S(=O)(=O)CC=Cc2ccc(OC(F)(F)F)cc2)CC1. The fourth-order valence-electron chi connectivity index (χ4n) is 2.96. The molecule has 0 spiro atoms. The fraction of sp³-hybridized carbons (Fsp3) is 0.550. The van der Waals surface area contributed by atoms with Crippen molar-refractivity contribution in [1.29, 1.82) is 0 Å². The van der Waals surface area contributed by atoms with Gasteiger partial charge in [-0.05, 0) is 51.3 Å². The molecule has 10 heteroatoms. The number of alkyl halides is 3. The van der Waals surface area contributed by atoms with Crippen LogP contribution in [0.4, 0.5) is 18.0 Å². The molecule has 0 aliphatic carbocycles. The van der Waals surface area contributed by atoms with E-state index in [0.29, 0.717) is 31.5 Å². The molecule has 1 aliphatic rings. The lowest BCUT2D eigenvalue weighted by molar-refractivity contribution is -0.274. The van der Waals surface area contributed by atoms with E-state index in [-0.39, 0.29) is 11.5 Å². The van der Waals surface area contributed by atoms with Gasteiger partial charge in [-0.25, -0.2) is 13.2 Å². The topological polar surface area (TPSA) is 72.9 Å². The number of benzene rings is 1. The highest BCUT2D eigenvalue weighted by molar-refractivity contribution is 7.92. The van der Waals surface area contributed by atoms with Crippen LogP contribution in [0, 0.1) is 0 Å². The molecule has 0 unspecified atom stereocenters. The van der Waals surface area contributed by atoms with Crippen LogP contribution in [0.2, 0.25) is 0 Å². The van der Waals surface area contributed by atoms with Gasteiger partial charge < -0.3 is 14.4 Å². The molecule has 0 bridgehead atoms. The summed E-state index contributed by atoms with van der Waals surface area (Å²) in [6.07, 6.45) is -1.54. The van der Waals surface area contributed by atoms with Crippen LogP contribution in [0.3, 0.4) is 0 Å². The molecule has 168 valence electrons. The van der Waals surface area contributed by atoms with Crippen molar-refractivity contribution in [1.82, 2.24) is 4.90 Å². The van der Waals surface area contributed by atoms with Crippen LogP contribution in [0.25, 0.3) is 6.08 Å². The summed E-state index contributed by atoms with van der Waals surface area (Å²) in [5.41, 5.74) is -0.0542. The van der Waals surface area contributed by atoms with Gasteiger partial charge in [0.1, 0.15) is 11.4 Å². The lowest BCUT2D eigenvalue weighted by atomic mass is 10.1. The second-order valence-electron chi connectivity index (χ2n) is 8.02. The predicted molar refractivity (Wildman–Crippen MR) is 107 cm³/mol. The number of likely N-dealkylation sites (tertiary alicyclic amines) is 1. The van der Waals surface area contributed by atoms with E-state index < -0.39 is 33.1 Å². The van der Waals surface area contributed by atoms with Gasteiger partial charge in [-0.15, -0.1) is 13.2 Å². The molecule has 0 radical (unpaired) electrons. The van der Waals surface area contributed by atoms with E-state index in [1.807, 2.05) is 0 Å². The highest BCUT2D eigenvalue weighted by Crippen LogP contribution is 2.24. The van der Waals surface area contributed by atoms with Crippen LogP contribution in [0.15, 0.2) is 30.3 Å². The van der Waals surface area contributed by atoms with Gasteiger partial charge in [0.15, 0.2) is 9.84 Å². The number of ether oxygens (including phenoxy) is 2. The third-order valence-electron chi connectivity index (χ3n) is 4.35. The highest BCUT2D eigenvalue weighted by atomic mass is 32.2. The van der Waals surface area contributed by atoms with E-state index in [1.165, 1.54) is 29.2 Å². The Morgan fingerprint density at radius 3 is 2.20 bits per heavy atom. The Hall–Kier alpha value is -2.23. The number of carbonyl (C=O) groups excluding carboxylic acids is 1. The quantitative estimate of drug-likeness (QED) is 0.666. The van der Waals surface area contributed by atoms with Gasteiger partial charge >= 0.3 is 12.5 Å². The van der Waals surface area contributed by atoms with Crippen LogP contribution in [-0.2, 0) is 14.6 Å². The minimum atomic E-state index is -4.76. The van der Waals surface area contributed by atoms with Crippen LogP contribution in [0.5, 0.6) is 5.75 Å². The number of hydrogen-bond donors (Lipinski definition) is 0. The Bertz CT molecular complexity index is 850. The third kappa shape index (κ3) is 7.89. The molecule has 0 atom stereocenters. The molecule has 6 nitrogen and oxygen atoms in total. The van der Waals surface area contributed by atoms with Crippen molar-refractivity contribution in [3.63, 3.8) is 0 Å². The number of halogens is 3. The zero-order valence-electron chi connectivity index (χ0n) is 17.1. The Morgan fingerprint density at radius 1 is 1.13 bits per heavy atom. The summed E-state index contributed by atoms with van der Waals surface area (Å²) in [6.45, 7) is 5.92. The Balaban J connectivity index is 1.86.